The monoisotopic (exact) mass is 347 g/mol. The number of amides is 1. The highest BCUT2D eigenvalue weighted by molar-refractivity contribution is 9.10. The molecule has 1 aromatic heterocycles. The first kappa shape index (κ1) is 13.4. The summed E-state index contributed by atoms with van der Waals surface area (Å²) < 4.78 is 5.77. The smallest absolute Gasteiger partial charge is 0.410 e. The van der Waals surface area contributed by atoms with E-state index in [1.807, 2.05) is 6.07 Å². The molecule has 0 saturated heterocycles. The number of fused-ring (bicyclic) bond motifs is 1. The van der Waals surface area contributed by atoms with Crippen molar-refractivity contribution in [3.63, 3.8) is 0 Å². The molecule has 3 N–H and O–H groups in total. The van der Waals surface area contributed by atoms with E-state index in [2.05, 4.69) is 31.2 Å². The molecule has 3 aromatic rings. The first-order valence-corrected chi connectivity index (χ1v) is 6.86. The lowest BCUT2D eigenvalue weighted by Crippen LogP contribution is -2.16. The van der Waals surface area contributed by atoms with E-state index in [-0.39, 0.29) is 5.69 Å². The number of aromatic amines is 2. The van der Waals surface area contributed by atoms with Crippen LogP contribution in [0.3, 0.4) is 0 Å². The average molecular weight is 348 g/mol. The lowest BCUT2D eigenvalue weighted by Gasteiger charge is -2.08. The van der Waals surface area contributed by atoms with Gasteiger partial charge in [-0.25, -0.2) is 9.59 Å². The molecule has 0 aliphatic rings. The number of aromatic nitrogens is 2. The highest BCUT2D eigenvalue weighted by atomic mass is 79.9. The van der Waals surface area contributed by atoms with Gasteiger partial charge in [0.05, 0.1) is 16.7 Å². The third kappa shape index (κ3) is 2.97. The summed E-state index contributed by atoms with van der Waals surface area (Å²) in [5, 5.41) is 2.62. The molecule has 0 atom stereocenters. The minimum atomic E-state index is -0.612. The lowest BCUT2D eigenvalue weighted by atomic mass is 10.3. The Morgan fingerprint density at radius 3 is 2.48 bits per heavy atom. The predicted molar refractivity (Wildman–Crippen MR) is 82.7 cm³/mol. The molecule has 0 fully saturated rings. The van der Waals surface area contributed by atoms with Crippen molar-refractivity contribution < 1.29 is 9.53 Å². The second kappa shape index (κ2) is 5.45. The third-order valence-electron chi connectivity index (χ3n) is 2.79. The first-order chi connectivity index (χ1) is 10.1. The van der Waals surface area contributed by atoms with E-state index in [1.54, 1.807) is 36.4 Å². The summed E-state index contributed by atoms with van der Waals surface area (Å²) in [5.41, 5.74) is 1.44. The Kier molecular flexibility index (Phi) is 3.49. The van der Waals surface area contributed by atoms with Gasteiger partial charge in [0.2, 0.25) is 0 Å². The van der Waals surface area contributed by atoms with Gasteiger partial charge in [0.15, 0.2) is 0 Å². The van der Waals surface area contributed by atoms with Crippen molar-refractivity contribution in [3.8, 4) is 5.75 Å². The average Bonchev–Trinajstić information content (AvgIpc) is 2.79. The molecule has 1 heterocycles. The molecule has 106 valence electrons. The summed E-state index contributed by atoms with van der Waals surface area (Å²) in [6, 6.07) is 12.1. The van der Waals surface area contributed by atoms with E-state index in [1.165, 1.54) is 0 Å². The number of nitrogens with one attached hydrogen (secondary N) is 3. The Morgan fingerprint density at radius 2 is 1.76 bits per heavy atom. The minimum Gasteiger partial charge on any atom is -0.410 e. The Balaban J connectivity index is 1.82. The SMILES string of the molecule is O=C(Nc1cc2[nH]c(=O)[nH]c2cc1Br)Oc1ccccc1. The zero-order valence-corrected chi connectivity index (χ0v) is 12.2. The van der Waals surface area contributed by atoms with Gasteiger partial charge in [0.25, 0.3) is 0 Å². The van der Waals surface area contributed by atoms with Gasteiger partial charge in [-0.05, 0) is 40.2 Å². The number of anilines is 1. The number of hydrogen-bond donors (Lipinski definition) is 3. The van der Waals surface area contributed by atoms with Crippen LogP contribution >= 0.6 is 15.9 Å². The van der Waals surface area contributed by atoms with E-state index in [0.29, 0.717) is 26.9 Å². The second-order valence-electron chi connectivity index (χ2n) is 4.28. The first-order valence-electron chi connectivity index (χ1n) is 6.07. The lowest BCUT2D eigenvalue weighted by molar-refractivity contribution is 0.215. The van der Waals surface area contributed by atoms with Crippen LogP contribution in [0, 0.1) is 0 Å². The molecule has 6 nitrogen and oxygen atoms in total. The van der Waals surface area contributed by atoms with Crippen molar-refractivity contribution in [2.45, 2.75) is 0 Å². The van der Waals surface area contributed by atoms with Gasteiger partial charge < -0.3 is 14.7 Å². The number of carbonyl (C=O) groups is 1. The summed E-state index contributed by atoms with van der Waals surface area (Å²) in [4.78, 5) is 28.3. The zero-order chi connectivity index (χ0) is 14.8. The van der Waals surface area contributed by atoms with E-state index in [9.17, 15) is 9.59 Å². The topological polar surface area (TPSA) is 87.0 Å². The maximum Gasteiger partial charge on any atom is 0.417 e. The summed E-state index contributed by atoms with van der Waals surface area (Å²) >= 11 is 3.33. The van der Waals surface area contributed by atoms with Crippen LogP contribution in [-0.2, 0) is 0 Å². The largest absolute Gasteiger partial charge is 0.417 e. The Bertz CT molecular complexity index is 855. The van der Waals surface area contributed by atoms with Crippen LogP contribution in [0.15, 0.2) is 51.7 Å². The molecule has 0 aliphatic carbocycles. The van der Waals surface area contributed by atoms with Crippen molar-refractivity contribution in [3.05, 3.63) is 57.4 Å². The van der Waals surface area contributed by atoms with Crippen molar-refractivity contribution in [2.24, 2.45) is 0 Å². The van der Waals surface area contributed by atoms with Crippen molar-refractivity contribution in [1.82, 2.24) is 9.97 Å². The molecule has 1 amide bonds. The maximum absolute atomic E-state index is 11.8. The van der Waals surface area contributed by atoms with Crippen LogP contribution in [0.1, 0.15) is 0 Å². The molecule has 0 bridgehead atoms. The molecule has 0 saturated carbocycles. The van der Waals surface area contributed by atoms with Gasteiger partial charge in [0, 0.05) is 4.47 Å². The Hall–Kier alpha value is -2.54. The fourth-order valence-electron chi connectivity index (χ4n) is 1.88. The number of benzene rings is 2. The molecule has 3 rings (SSSR count). The number of hydrogen-bond acceptors (Lipinski definition) is 3. The minimum absolute atomic E-state index is 0.305. The van der Waals surface area contributed by atoms with Gasteiger partial charge in [-0.15, -0.1) is 0 Å². The number of rotatable bonds is 2. The fraction of sp³-hybridized carbons (Fsp3) is 0. The van der Waals surface area contributed by atoms with E-state index in [4.69, 9.17) is 4.74 Å². The normalized spacial score (nSPS) is 10.5. The van der Waals surface area contributed by atoms with E-state index in [0.717, 1.165) is 0 Å². The van der Waals surface area contributed by atoms with Crippen LogP contribution in [0.2, 0.25) is 0 Å². The summed E-state index contributed by atoms with van der Waals surface area (Å²) in [5.74, 6) is 0.447. The molecule has 2 aromatic carbocycles. The predicted octanol–water partition coefficient (Wildman–Crippen LogP) is 3.23. The van der Waals surface area contributed by atoms with Crippen LogP contribution < -0.4 is 15.7 Å². The summed E-state index contributed by atoms with van der Waals surface area (Å²) in [7, 11) is 0. The van der Waals surface area contributed by atoms with Crippen molar-refractivity contribution in [1.29, 1.82) is 0 Å². The van der Waals surface area contributed by atoms with Crippen molar-refractivity contribution >= 4 is 38.7 Å². The number of para-hydroxylation sites is 1. The summed E-state index contributed by atoms with van der Waals surface area (Å²) in [6.45, 7) is 0. The number of ether oxygens (including phenoxy) is 1. The quantitative estimate of drug-likeness (QED) is 0.665. The van der Waals surface area contributed by atoms with E-state index >= 15 is 0 Å². The fourth-order valence-corrected chi connectivity index (χ4v) is 2.33. The molecular weight excluding hydrogens is 338 g/mol. The van der Waals surface area contributed by atoms with Gasteiger partial charge >= 0.3 is 11.8 Å². The van der Waals surface area contributed by atoms with Crippen LogP contribution in [0.4, 0.5) is 10.5 Å². The standard InChI is InChI=1S/C14H10BrN3O3/c15-9-6-11-12(17-13(19)16-11)7-10(9)18-14(20)21-8-4-2-1-3-5-8/h1-7H,(H,18,20)(H2,16,17,19). The van der Waals surface area contributed by atoms with Crippen LogP contribution in [0.5, 0.6) is 5.75 Å². The number of imidazole rings is 1. The van der Waals surface area contributed by atoms with Crippen molar-refractivity contribution in [2.75, 3.05) is 5.32 Å². The molecular formula is C14H10BrN3O3. The maximum atomic E-state index is 11.8. The summed E-state index contributed by atoms with van der Waals surface area (Å²) in [6.07, 6.45) is -0.612. The number of halogens is 1. The zero-order valence-electron chi connectivity index (χ0n) is 10.6. The van der Waals surface area contributed by atoms with Crippen LogP contribution in [-0.4, -0.2) is 16.1 Å². The molecule has 0 radical (unpaired) electrons. The van der Waals surface area contributed by atoms with Crippen LogP contribution in [0.25, 0.3) is 11.0 Å². The van der Waals surface area contributed by atoms with Gasteiger partial charge in [-0.3, -0.25) is 5.32 Å². The molecule has 7 heteroatoms. The number of H-pyrrole nitrogens is 2. The molecule has 0 unspecified atom stereocenters. The number of carbonyl (C=O) groups excluding carboxylic acids is 1. The molecule has 0 aliphatic heterocycles. The Labute approximate surface area is 127 Å². The van der Waals surface area contributed by atoms with Gasteiger partial charge in [0.1, 0.15) is 5.75 Å². The highest BCUT2D eigenvalue weighted by Crippen LogP contribution is 2.26. The third-order valence-corrected chi connectivity index (χ3v) is 3.45. The van der Waals surface area contributed by atoms with Gasteiger partial charge in [-0.2, -0.15) is 0 Å². The Morgan fingerprint density at radius 1 is 1.10 bits per heavy atom. The second-order valence-corrected chi connectivity index (χ2v) is 5.14. The highest BCUT2D eigenvalue weighted by Gasteiger charge is 2.10. The molecule has 0 spiro atoms. The molecule has 21 heavy (non-hydrogen) atoms. The van der Waals surface area contributed by atoms with E-state index < -0.39 is 6.09 Å². The van der Waals surface area contributed by atoms with Gasteiger partial charge in [-0.1, -0.05) is 18.2 Å².